The molecule has 19 heavy (non-hydrogen) atoms. The molecular formula is C16H21ClN2. The van der Waals surface area contributed by atoms with Gasteiger partial charge in [-0.25, -0.2) is 0 Å². The molecule has 1 aromatic heterocycles. The first-order valence-corrected chi connectivity index (χ1v) is 7.32. The molecule has 0 saturated heterocycles. The van der Waals surface area contributed by atoms with E-state index in [0.29, 0.717) is 12.0 Å². The molecule has 0 bridgehead atoms. The summed E-state index contributed by atoms with van der Waals surface area (Å²) in [6.07, 6.45) is 3.00. The Bertz CT molecular complexity index is 553. The number of nitrogens with zero attached hydrogens (tertiary/aromatic N) is 1. The number of aromatic nitrogens is 1. The third-order valence-corrected chi connectivity index (χ3v) is 3.97. The van der Waals surface area contributed by atoms with Crippen LogP contribution in [0.5, 0.6) is 0 Å². The van der Waals surface area contributed by atoms with Gasteiger partial charge in [-0.3, -0.25) is 4.98 Å². The van der Waals surface area contributed by atoms with Gasteiger partial charge in [-0.2, -0.15) is 0 Å². The summed E-state index contributed by atoms with van der Waals surface area (Å²) < 4.78 is 0. The van der Waals surface area contributed by atoms with E-state index in [9.17, 15) is 0 Å². The van der Waals surface area contributed by atoms with Crippen LogP contribution in [0.25, 0.3) is 10.9 Å². The highest BCUT2D eigenvalue weighted by Gasteiger charge is 2.18. The van der Waals surface area contributed by atoms with Crippen molar-refractivity contribution in [3.8, 4) is 0 Å². The zero-order valence-corrected chi connectivity index (χ0v) is 12.5. The van der Waals surface area contributed by atoms with Crippen molar-refractivity contribution in [3.05, 3.63) is 41.0 Å². The Kier molecular flexibility index (Phi) is 4.78. The summed E-state index contributed by atoms with van der Waals surface area (Å²) in [6.45, 7) is 7.65. The summed E-state index contributed by atoms with van der Waals surface area (Å²) in [5, 5.41) is 5.50. The number of rotatable bonds is 5. The lowest BCUT2D eigenvalue weighted by Gasteiger charge is -2.25. The van der Waals surface area contributed by atoms with Crippen molar-refractivity contribution in [2.75, 3.05) is 6.54 Å². The number of benzene rings is 1. The fourth-order valence-electron chi connectivity index (χ4n) is 2.69. The van der Waals surface area contributed by atoms with Crippen LogP contribution in [0, 0.1) is 0 Å². The number of likely N-dealkylation sites (N-methyl/N-ethyl adjacent to an activating group) is 1. The highest BCUT2D eigenvalue weighted by atomic mass is 35.5. The number of nitrogens with one attached hydrogen (secondary N) is 1. The van der Waals surface area contributed by atoms with Gasteiger partial charge in [-0.15, -0.1) is 0 Å². The molecule has 0 radical (unpaired) electrons. The van der Waals surface area contributed by atoms with E-state index in [2.05, 4.69) is 43.2 Å². The van der Waals surface area contributed by atoms with E-state index in [0.717, 1.165) is 23.5 Å². The lowest BCUT2D eigenvalue weighted by molar-refractivity contribution is 0.450. The number of halogens is 1. The minimum Gasteiger partial charge on any atom is -0.314 e. The normalized spacial score (nSPS) is 14.5. The standard InChI is InChI=1S/C16H21ClN2/c1-4-15(18-5-2)11(3)13-8-9-19-16-10-12(17)6-7-14(13)16/h6-11,15,18H,4-5H2,1-3H3. The molecule has 0 aliphatic heterocycles. The summed E-state index contributed by atoms with van der Waals surface area (Å²) in [7, 11) is 0. The molecule has 1 aromatic carbocycles. The Balaban J connectivity index is 2.44. The maximum atomic E-state index is 6.04. The van der Waals surface area contributed by atoms with Crippen LogP contribution in [-0.4, -0.2) is 17.6 Å². The number of pyridine rings is 1. The van der Waals surface area contributed by atoms with Gasteiger partial charge in [0.1, 0.15) is 0 Å². The van der Waals surface area contributed by atoms with Crippen molar-refractivity contribution in [2.24, 2.45) is 0 Å². The van der Waals surface area contributed by atoms with Crippen LogP contribution in [0.1, 0.15) is 38.7 Å². The number of hydrogen-bond acceptors (Lipinski definition) is 2. The van der Waals surface area contributed by atoms with Crippen LogP contribution in [0.2, 0.25) is 5.02 Å². The first-order chi connectivity index (χ1) is 9.17. The van der Waals surface area contributed by atoms with Crippen molar-refractivity contribution < 1.29 is 0 Å². The van der Waals surface area contributed by atoms with Crippen molar-refractivity contribution in [1.82, 2.24) is 10.3 Å². The summed E-state index contributed by atoms with van der Waals surface area (Å²) in [6, 6.07) is 8.57. The average molecular weight is 277 g/mol. The van der Waals surface area contributed by atoms with E-state index in [4.69, 9.17) is 11.6 Å². The number of fused-ring (bicyclic) bond motifs is 1. The van der Waals surface area contributed by atoms with Crippen LogP contribution >= 0.6 is 11.6 Å². The first-order valence-electron chi connectivity index (χ1n) is 6.94. The lowest BCUT2D eigenvalue weighted by Crippen LogP contribution is -2.33. The van der Waals surface area contributed by atoms with Gasteiger partial charge >= 0.3 is 0 Å². The Labute approximate surface area is 120 Å². The third-order valence-electron chi connectivity index (χ3n) is 3.74. The van der Waals surface area contributed by atoms with E-state index >= 15 is 0 Å². The summed E-state index contributed by atoms with van der Waals surface area (Å²) >= 11 is 6.04. The SMILES string of the molecule is CCNC(CC)C(C)c1ccnc2cc(Cl)ccc12. The topological polar surface area (TPSA) is 24.9 Å². The molecule has 0 fully saturated rings. The Morgan fingerprint density at radius 2 is 2.05 bits per heavy atom. The summed E-state index contributed by atoms with van der Waals surface area (Å²) in [5.41, 5.74) is 2.32. The summed E-state index contributed by atoms with van der Waals surface area (Å²) in [5.74, 6) is 0.455. The number of hydrogen-bond donors (Lipinski definition) is 1. The van der Waals surface area contributed by atoms with Gasteiger partial charge in [-0.1, -0.05) is 38.4 Å². The highest BCUT2D eigenvalue weighted by Crippen LogP contribution is 2.29. The maximum Gasteiger partial charge on any atom is 0.0719 e. The van der Waals surface area contributed by atoms with Crippen LogP contribution < -0.4 is 5.32 Å². The minimum absolute atomic E-state index is 0.455. The second-order valence-corrected chi connectivity index (χ2v) is 5.36. The summed E-state index contributed by atoms with van der Waals surface area (Å²) in [4.78, 5) is 4.41. The van der Waals surface area contributed by atoms with Gasteiger partial charge in [0.25, 0.3) is 0 Å². The fourth-order valence-corrected chi connectivity index (χ4v) is 2.86. The minimum atomic E-state index is 0.455. The van der Waals surface area contributed by atoms with Crippen molar-refractivity contribution >= 4 is 22.5 Å². The predicted molar refractivity (Wildman–Crippen MR) is 82.9 cm³/mol. The molecule has 1 heterocycles. The van der Waals surface area contributed by atoms with Gasteiger partial charge in [-0.05, 0) is 42.6 Å². The molecule has 0 spiro atoms. The monoisotopic (exact) mass is 276 g/mol. The van der Waals surface area contributed by atoms with Gasteiger partial charge in [0.15, 0.2) is 0 Å². The lowest BCUT2D eigenvalue weighted by atomic mass is 9.89. The molecule has 0 amide bonds. The molecule has 3 heteroatoms. The van der Waals surface area contributed by atoms with Gasteiger partial charge < -0.3 is 5.32 Å². The van der Waals surface area contributed by atoms with Gasteiger partial charge in [0.2, 0.25) is 0 Å². The van der Waals surface area contributed by atoms with Crippen LogP contribution in [0.15, 0.2) is 30.5 Å². The van der Waals surface area contributed by atoms with E-state index in [1.807, 2.05) is 18.3 Å². The average Bonchev–Trinajstić information content (AvgIpc) is 2.43. The fraction of sp³-hybridized carbons (Fsp3) is 0.438. The third kappa shape index (κ3) is 3.07. The Hall–Kier alpha value is -1.12. The smallest absolute Gasteiger partial charge is 0.0719 e. The molecule has 2 atom stereocenters. The second-order valence-electron chi connectivity index (χ2n) is 4.92. The largest absolute Gasteiger partial charge is 0.314 e. The quantitative estimate of drug-likeness (QED) is 0.877. The molecule has 1 N–H and O–H groups in total. The first kappa shape index (κ1) is 14.3. The van der Waals surface area contributed by atoms with Crippen LogP contribution in [-0.2, 0) is 0 Å². The molecule has 2 unspecified atom stereocenters. The Morgan fingerprint density at radius 1 is 1.26 bits per heavy atom. The zero-order chi connectivity index (χ0) is 13.8. The van der Waals surface area contributed by atoms with Gasteiger partial charge in [0.05, 0.1) is 5.52 Å². The second kappa shape index (κ2) is 6.36. The van der Waals surface area contributed by atoms with Crippen molar-refractivity contribution in [1.29, 1.82) is 0 Å². The van der Waals surface area contributed by atoms with Crippen LogP contribution in [0.3, 0.4) is 0 Å². The van der Waals surface area contributed by atoms with Crippen molar-refractivity contribution in [3.63, 3.8) is 0 Å². The van der Waals surface area contributed by atoms with E-state index < -0.39 is 0 Å². The molecular weight excluding hydrogens is 256 g/mol. The molecule has 2 rings (SSSR count). The van der Waals surface area contributed by atoms with E-state index in [1.54, 1.807) is 0 Å². The molecule has 0 aliphatic carbocycles. The van der Waals surface area contributed by atoms with E-state index in [1.165, 1.54) is 10.9 Å². The van der Waals surface area contributed by atoms with Gasteiger partial charge in [0, 0.05) is 22.6 Å². The van der Waals surface area contributed by atoms with E-state index in [-0.39, 0.29) is 0 Å². The molecule has 0 aliphatic rings. The molecule has 2 nitrogen and oxygen atoms in total. The van der Waals surface area contributed by atoms with Crippen LogP contribution in [0.4, 0.5) is 0 Å². The maximum absolute atomic E-state index is 6.04. The molecule has 2 aromatic rings. The highest BCUT2D eigenvalue weighted by molar-refractivity contribution is 6.31. The zero-order valence-electron chi connectivity index (χ0n) is 11.8. The molecule has 102 valence electrons. The predicted octanol–water partition coefficient (Wildman–Crippen LogP) is 4.38. The van der Waals surface area contributed by atoms with Crippen molar-refractivity contribution in [2.45, 2.75) is 39.2 Å². The Morgan fingerprint density at radius 3 is 2.74 bits per heavy atom. The molecule has 0 saturated carbocycles.